The zero-order valence-electron chi connectivity index (χ0n) is 32.0. The van der Waals surface area contributed by atoms with Crippen molar-refractivity contribution >= 4 is 12.7 Å². The molecule has 3 atom stereocenters. The molecule has 1 fully saturated rings. The van der Waals surface area contributed by atoms with Crippen LogP contribution in [0, 0.1) is 5.92 Å². The first kappa shape index (κ1) is 46.9. The standard InChI is InChI=1S/C22H42O2.C13H27N.C5H12N2O/c1-3-5-7-9-11-14-18-22(19-15-13-16-20-23)24-21-17-12-10-8-6-4-2;1-4-5-6-7-8-9-13-10-12(2)14(3)11-13;1-7(2)4-3-6-5-8/h3,5,20,22H,4,6-19,21H2,1-2H3;12-13H,4-11H2,1-3H3;5H,3-4H2,1-2H3,(H,6,8)/b5-3-;;. The topological polar surface area (TPSA) is 61.9 Å². The smallest absolute Gasteiger partial charge is 0.207 e. The van der Waals surface area contributed by atoms with Gasteiger partial charge < -0.3 is 24.6 Å². The first-order chi connectivity index (χ1) is 22.4. The third-order valence-electron chi connectivity index (χ3n) is 9.06. The van der Waals surface area contributed by atoms with Crippen LogP contribution < -0.4 is 5.32 Å². The van der Waals surface area contributed by atoms with Gasteiger partial charge in [-0.2, -0.15) is 0 Å². The molecule has 1 N–H and O–H groups in total. The minimum atomic E-state index is 0.411. The van der Waals surface area contributed by atoms with Gasteiger partial charge in [-0.25, -0.2) is 0 Å². The molecule has 6 nitrogen and oxygen atoms in total. The molecule has 0 bridgehead atoms. The molecule has 1 heterocycles. The fourth-order valence-corrected chi connectivity index (χ4v) is 5.94. The Labute approximate surface area is 288 Å². The summed E-state index contributed by atoms with van der Waals surface area (Å²) in [5.41, 5.74) is 0. The summed E-state index contributed by atoms with van der Waals surface area (Å²) in [5, 5.41) is 2.56. The second-order valence-electron chi connectivity index (χ2n) is 13.9. The Morgan fingerprint density at radius 3 is 1.98 bits per heavy atom. The van der Waals surface area contributed by atoms with Crippen LogP contribution in [0.15, 0.2) is 12.2 Å². The Bertz CT molecular complexity index is 633. The molecule has 274 valence electrons. The number of hydrogen-bond donors (Lipinski definition) is 1. The van der Waals surface area contributed by atoms with Gasteiger partial charge in [0.2, 0.25) is 6.41 Å². The minimum absolute atomic E-state index is 0.411. The fraction of sp³-hybridized carbons (Fsp3) is 0.900. The van der Waals surface area contributed by atoms with Crippen molar-refractivity contribution in [2.24, 2.45) is 5.92 Å². The van der Waals surface area contributed by atoms with Crippen LogP contribution in [0.1, 0.15) is 169 Å². The van der Waals surface area contributed by atoms with Crippen LogP contribution in [-0.2, 0) is 14.3 Å². The van der Waals surface area contributed by atoms with Gasteiger partial charge in [-0.1, -0.05) is 109 Å². The van der Waals surface area contributed by atoms with Gasteiger partial charge in [-0.3, -0.25) is 4.79 Å². The van der Waals surface area contributed by atoms with Crippen LogP contribution in [0.5, 0.6) is 0 Å². The quantitative estimate of drug-likeness (QED) is 0.0496. The van der Waals surface area contributed by atoms with E-state index in [1.54, 1.807) is 0 Å². The van der Waals surface area contributed by atoms with Crippen molar-refractivity contribution in [1.29, 1.82) is 0 Å². The molecule has 1 amide bonds. The van der Waals surface area contributed by atoms with Gasteiger partial charge in [0.1, 0.15) is 6.29 Å². The summed E-state index contributed by atoms with van der Waals surface area (Å²) in [6, 6.07) is 0.829. The highest BCUT2D eigenvalue weighted by Gasteiger charge is 2.25. The Morgan fingerprint density at radius 2 is 1.41 bits per heavy atom. The summed E-state index contributed by atoms with van der Waals surface area (Å²) in [7, 11) is 6.20. The van der Waals surface area contributed by atoms with Crippen molar-refractivity contribution in [2.75, 3.05) is 47.4 Å². The number of ether oxygens (including phenoxy) is 1. The normalized spacial score (nSPS) is 17.0. The van der Waals surface area contributed by atoms with Crippen LogP contribution in [0.25, 0.3) is 0 Å². The number of likely N-dealkylation sites (tertiary alicyclic amines) is 1. The number of amides is 1. The molecule has 1 saturated heterocycles. The average molecular weight is 652 g/mol. The van der Waals surface area contributed by atoms with Gasteiger partial charge in [0.25, 0.3) is 0 Å². The van der Waals surface area contributed by atoms with Gasteiger partial charge in [-0.15, -0.1) is 0 Å². The van der Waals surface area contributed by atoms with Gasteiger partial charge in [-0.05, 0) is 92.3 Å². The third kappa shape index (κ3) is 35.6. The van der Waals surface area contributed by atoms with Gasteiger partial charge in [0.15, 0.2) is 0 Å². The maximum absolute atomic E-state index is 10.4. The van der Waals surface area contributed by atoms with E-state index in [2.05, 4.69) is 57.1 Å². The van der Waals surface area contributed by atoms with Crippen molar-refractivity contribution < 1.29 is 14.3 Å². The number of carbonyl (C=O) groups excluding carboxylic acids is 2. The lowest BCUT2D eigenvalue weighted by atomic mass is 9.98. The molecule has 0 aliphatic carbocycles. The van der Waals surface area contributed by atoms with Crippen molar-refractivity contribution in [2.45, 2.75) is 181 Å². The van der Waals surface area contributed by atoms with E-state index in [-0.39, 0.29) is 0 Å². The number of allylic oxidation sites excluding steroid dienone is 2. The Hall–Kier alpha value is -1.24. The van der Waals surface area contributed by atoms with E-state index in [9.17, 15) is 9.59 Å². The molecule has 1 aliphatic rings. The molecular weight excluding hydrogens is 570 g/mol. The Balaban J connectivity index is 0. The van der Waals surface area contributed by atoms with E-state index >= 15 is 0 Å². The molecular formula is C40H81N3O3. The van der Waals surface area contributed by atoms with E-state index in [4.69, 9.17) is 4.74 Å². The molecule has 46 heavy (non-hydrogen) atoms. The van der Waals surface area contributed by atoms with Crippen molar-refractivity contribution in [1.82, 2.24) is 15.1 Å². The lowest BCUT2D eigenvalue weighted by Crippen LogP contribution is -2.25. The molecule has 0 radical (unpaired) electrons. The number of nitrogens with zero attached hydrogens (tertiary/aromatic N) is 2. The van der Waals surface area contributed by atoms with Crippen LogP contribution >= 0.6 is 0 Å². The SMILES string of the molecule is C/C=C\CCCCCC(CCCCC=O)OCCCCCCCC.CCCCCCCC1CC(C)N(C)C1.CN(C)CCNC=O. The second-order valence-corrected chi connectivity index (χ2v) is 13.9. The van der Waals surface area contributed by atoms with Crippen LogP contribution in [0.2, 0.25) is 0 Å². The second kappa shape index (κ2) is 38.2. The molecule has 1 rings (SSSR count). The van der Waals surface area contributed by atoms with Crippen LogP contribution in [-0.4, -0.2) is 82.0 Å². The summed E-state index contributed by atoms with van der Waals surface area (Å²) in [5.74, 6) is 0.997. The van der Waals surface area contributed by atoms with Gasteiger partial charge in [0.05, 0.1) is 6.10 Å². The van der Waals surface area contributed by atoms with Crippen molar-refractivity contribution in [3.05, 3.63) is 12.2 Å². The molecule has 1 aliphatic heterocycles. The number of likely N-dealkylation sites (N-methyl/N-ethyl adjacent to an activating group) is 1. The predicted molar refractivity (Wildman–Crippen MR) is 202 cm³/mol. The van der Waals surface area contributed by atoms with Gasteiger partial charge in [0, 0.05) is 38.7 Å². The predicted octanol–water partition coefficient (Wildman–Crippen LogP) is 10.00. The summed E-state index contributed by atoms with van der Waals surface area (Å²) in [6.07, 6.45) is 34.8. The Kier molecular flexibility index (Phi) is 38.9. The minimum Gasteiger partial charge on any atom is -0.378 e. The summed E-state index contributed by atoms with van der Waals surface area (Å²) < 4.78 is 6.15. The summed E-state index contributed by atoms with van der Waals surface area (Å²) in [6.45, 7) is 12.9. The summed E-state index contributed by atoms with van der Waals surface area (Å²) in [4.78, 5) is 24.6. The molecule has 0 aromatic carbocycles. The van der Waals surface area contributed by atoms with Crippen molar-refractivity contribution in [3.63, 3.8) is 0 Å². The maximum atomic E-state index is 10.4. The number of hydrogen-bond acceptors (Lipinski definition) is 5. The molecule has 3 unspecified atom stereocenters. The first-order valence-corrected chi connectivity index (χ1v) is 19.5. The monoisotopic (exact) mass is 652 g/mol. The largest absolute Gasteiger partial charge is 0.378 e. The number of rotatable bonds is 29. The van der Waals surface area contributed by atoms with E-state index < -0.39 is 0 Å². The number of carbonyl (C=O) groups is 2. The lowest BCUT2D eigenvalue weighted by molar-refractivity contribution is -0.109. The van der Waals surface area contributed by atoms with E-state index in [1.165, 1.54) is 122 Å². The highest BCUT2D eigenvalue weighted by atomic mass is 16.5. The van der Waals surface area contributed by atoms with E-state index in [0.717, 1.165) is 57.2 Å². The molecule has 0 aromatic heterocycles. The lowest BCUT2D eigenvalue weighted by Gasteiger charge is -2.18. The highest BCUT2D eigenvalue weighted by Crippen LogP contribution is 2.26. The van der Waals surface area contributed by atoms with Crippen LogP contribution in [0.4, 0.5) is 0 Å². The molecule has 6 heteroatoms. The maximum Gasteiger partial charge on any atom is 0.207 e. The number of aldehydes is 1. The molecule has 0 spiro atoms. The first-order valence-electron chi connectivity index (χ1n) is 19.5. The van der Waals surface area contributed by atoms with Gasteiger partial charge >= 0.3 is 0 Å². The Morgan fingerprint density at radius 1 is 0.826 bits per heavy atom. The fourth-order valence-electron chi connectivity index (χ4n) is 5.94. The average Bonchev–Trinajstić information content (AvgIpc) is 3.36. The number of nitrogens with one attached hydrogen (secondary N) is 1. The third-order valence-corrected chi connectivity index (χ3v) is 9.06. The summed E-state index contributed by atoms with van der Waals surface area (Å²) >= 11 is 0. The van der Waals surface area contributed by atoms with Crippen LogP contribution in [0.3, 0.4) is 0 Å². The zero-order chi connectivity index (χ0) is 34.5. The zero-order valence-corrected chi connectivity index (χ0v) is 32.0. The van der Waals surface area contributed by atoms with Crippen molar-refractivity contribution in [3.8, 4) is 0 Å². The molecule has 0 saturated carbocycles. The van der Waals surface area contributed by atoms with E-state index in [1.807, 2.05) is 19.0 Å². The van der Waals surface area contributed by atoms with E-state index in [0.29, 0.717) is 18.9 Å². The highest BCUT2D eigenvalue weighted by molar-refractivity contribution is 5.48. The molecule has 0 aromatic rings. The number of unbranched alkanes of at least 4 members (excludes halogenated alkanes) is 14.